The van der Waals surface area contributed by atoms with Gasteiger partial charge >= 0.3 is 0 Å². The molecule has 0 bridgehead atoms. The predicted molar refractivity (Wildman–Crippen MR) is 95.7 cm³/mol. The van der Waals surface area contributed by atoms with Crippen molar-refractivity contribution in [1.29, 1.82) is 0 Å². The van der Waals surface area contributed by atoms with Crippen LogP contribution < -0.4 is 5.32 Å². The minimum Gasteiger partial charge on any atom is -0.316 e. The van der Waals surface area contributed by atoms with Crippen LogP contribution in [-0.4, -0.2) is 13.1 Å². The molecule has 0 amide bonds. The van der Waals surface area contributed by atoms with Crippen molar-refractivity contribution in [3.05, 3.63) is 34.3 Å². The Labute approximate surface area is 139 Å². The molecule has 1 N–H and O–H groups in total. The minimum absolute atomic E-state index is 0.608. The van der Waals surface area contributed by atoms with Gasteiger partial charge in [-0.05, 0) is 74.2 Å². The van der Waals surface area contributed by atoms with Crippen molar-refractivity contribution in [3.63, 3.8) is 0 Å². The molecular weight excluding hydrogens is 322 g/mol. The average molecular weight is 352 g/mol. The van der Waals surface area contributed by atoms with E-state index in [1.54, 1.807) is 0 Å². The molecule has 0 spiro atoms. The lowest BCUT2D eigenvalue weighted by molar-refractivity contribution is 0.244. The molecule has 0 saturated heterocycles. The maximum absolute atomic E-state index is 3.64. The topological polar surface area (TPSA) is 12.0 Å². The molecule has 2 heteroatoms. The zero-order valence-corrected chi connectivity index (χ0v) is 15.2. The first-order valence-electron chi connectivity index (χ1n) is 8.55. The van der Waals surface area contributed by atoms with E-state index in [0.717, 1.165) is 12.5 Å². The summed E-state index contributed by atoms with van der Waals surface area (Å²) in [5.41, 5.74) is 2.09. The zero-order valence-electron chi connectivity index (χ0n) is 13.6. The van der Waals surface area contributed by atoms with Gasteiger partial charge in [-0.2, -0.15) is 0 Å². The summed E-state index contributed by atoms with van der Waals surface area (Å²) in [6, 6.07) is 8.87. The quantitative estimate of drug-likeness (QED) is 0.603. The SMILES string of the molecule is CC(C)CNCCC1(CCc2ccc(Br)cc2)CCCC1. The molecule has 1 aromatic rings. The second-order valence-corrected chi connectivity index (χ2v) is 8.10. The van der Waals surface area contributed by atoms with Gasteiger partial charge in [0.25, 0.3) is 0 Å². The van der Waals surface area contributed by atoms with E-state index in [4.69, 9.17) is 0 Å². The standard InChI is InChI=1S/C19H30BrN/c1-16(2)15-21-14-13-19(10-3-4-11-19)12-9-17-5-7-18(20)8-6-17/h5-8,16,21H,3-4,9-15H2,1-2H3. The van der Waals surface area contributed by atoms with Crippen molar-refractivity contribution < 1.29 is 0 Å². The summed E-state index contributed by atoms with van der Waals surface area (Å²) in [7, 11) is 0. The number of hydrogen-bond acceptors (Lipinski definition) is 1. The molecule has 0 radical (unpaired) electrons. The maximum atomic E-state index is 3.64. The van der Waals surface area contributed by atoms with Crippen LogP contribution in [0.1, 0.15) is 57.9 Å². The summed E-state index contributed by atoms with van der Waals surface area (Å²) in [5.74, 6) is 0.757. The molecule has 21 heavy (non-hydrogen) atoms. The van der Waals surface area contributed by atoms with E-state index in [9.17, 15) is 0 Å². The van der Waals surface area contributed by atoms with Crippen LogP contribution in [0.2, 0.25) is 0 Å². The Kier molecular flexibility index (Phi) is 6.75. The molecule has 1 aromatic carbocycles. The molecule has 1 fully saturated rings. The van der Waals surface area contributed by atoms with Gasteiger partial charge in [-0.25, -0.2) is 0 Å². The Hall–Kier alpha value is -0.340. The highest BCUT2D eigenvalue weighted by Gasteiger charge is 2.32. The van der Waals surface area contributed by atoms with Crippen molar-refractivity contribution in [3.8, 4) is 0 Å². The Morgan fingerprint density at radius 2 is 1.76 bits per heavy atom. The molecule has 1 saturated carbocycles. The first-order valence-corrected chi connectivity index (χ1v) is 9.34. The van der Waals surface area contributed by atoms with Gasteiger partial charge in [0.15, 0.2) is 0 Å². The van der Waals surface area contributed by atoms with Crippen LogP contribution in [0, 0.1) is 11.3 Å². The Balaban J connectivity index is 1.81. The van der Waals surface area contributed by atoms with Crippen molar-refractivity contribution in [2.24, 2.45) is 11.3 Å². The van der Waals surface area contributed by atoms with E-state index in [0.29, 0.717) is 5.41 Å². The van der Waals surface area contributed by atoms with Gasteiger partial charge in [-0.3, -0.25) is 0 Å². The number of hydrogen-bond donors (Lipinski definition) is 1. The fourth-order valence-corrected chi connectivity index (χ4v) is 3.82. The monoisotopic (exact) mass is 351 g/mol. The van der Waals surface area contributed by atoms with Crippen molar-refractivity contribution in [2.45, 2.75) is 58.8 Å². The summed E-state index contributed by atoms with van der Waals surface area (Å²) in [5, 5.41) is 3.64. The van der Waals surface area contributed by atoms with Crippen LogP contribution in [0.5, 0.6) is 0 Å². The number of rotatable bonds is 8. The molecule has 0 atom stereocenters. The minimum atomic E-state index is 0.608. The summed E-state index contributed by atoms with van der Waals surface area (Å²) in [6.07, 6.45) is 9.69. The van der Waals surface area contributed by atoms with E-state index < -0.39 is 0 Å². The molecule has 1 nitrogen and oxygen atoms in total. The highest BCUT2D eigenvalue weighted by molar-refractivity contribution is 9.10. The summed E-state index contributed by atoms with van der Waals surface area (Å²) < 4.78 is 1.18. The molecule has 1 aliphatic carbocycles. The summed E-state index contributed by atoms with van der Waals surface area (Å²) in [4.78, 5) is 0. The van der Waals surface area contributed by atoms with E-state index in [1.165, 1.54) is 61.5 Å². The number of halogens is 1. The normalized spacial score (nSPS) is 17.5. The van der Waals surface area contributed by atoms with Crippen LogP contribution in [0.4, 0.5) is 0 Å². The third-order valence-corrected chi connectivity index (χ3v) is 5.43. The number of benzene rings is 1. The lowest BCUT2D eigenvalue weighted by Gasteiger charge is -2.29. The molecule has 0 aliphatic heterocycles. The van der Waals surface area contributed by atoms with Crippen LogP contribution in [0.3, 0.4) is 0 Å². The second kappa shape index (κ2) is 8.33. The van der Waals surface area contributed by atoms with Crippen molar-refractivity contribution in [1.82, 2.24) is 5.32 Å². The third kappa shape index (κ3) is 5.75. The van der Waals surface area contributed by atoms with Crippen LogP contribution in [0.15, 0.2) is 28.7 Å². The fraction of sp³-hybridized carbons (Fsp3) is 0.684. The molecule has 2 rings (SSSR count). The Morgan fingerprint density at radius 3 is 2.38 bits per heavy atom. The van der Waals surface area contributed by atoms with Crippen LogP contribution in [-0.2, 0) is 6.42 Å². The van der Waals surface area contributed by atoms with Crippen LogP contribution in [0.25, 0.3) is 0 Å². The second-order valence-electron chi connectivity index (χ2n) is 7.18. The fourth-order valence-electron chi connectivity index (χ4n) is 3.55. The smallest absolute Gasteiger partial charge is 0.0175 e. The highest BCUT2D eigenvalue weighted by Crippen LogP contribution is 2.44. The Bertz CT molecular complexity index is 404. The molecule has 0 unspecified atom stereocenters. The van der Waals surface area contributed by atoms with Crippen molar-refractivity contribution >= 4 is 15.9 Å². The van der Waals surface area contributed by atoms with Crippen LogP contribution >= 0.6 is 15.9 Å². The lowest BCUT2D eigenvalue weighted by Crippen LogP contribution is -2.27. The third-order valence-electron chi connectivity index (χ3n) is 4.91. The lowest BCUT2D eigenvalue weighted by atomic mass is 9.77. The largest absolute Gasteiger partial charge is 0.316 e. The first-order chi connectivity index (χ1) is 10.1. The number of aryl methyl sites for hydroxylation is 1. The molecular formula is C19H30BrN. The highest BCUT2D eigenvalue weighted by atomic mass is 79.9. The van der Waals surface area contributed by atoms with Gasteiger partial charge in [-0.1, -0.05) is 54.8 Å². The molecule has 118 valence electrons. The first kappa shape index (κ1) is 17.0. The van der Waals surface area contributed by atoms with E-state index in [1.807, 2.05) is 0 Å². The molecule has 1 aliphatic rings. The zero-order chi connectivity index (χ0) is 15.1. The van der Waals surface area contributed by atoms with E-state index in [-0.39, 0.29) is 0 Å². The van der Waals surface area contributed by atoms with Gasteiger partial charge in [-0.15, -0.1) is 0 Å². The average Bonchev–Trinajstić information content (AvgIpc) is 2.92. The van der Waals surface area contributed by atoms with Gasteiger partial charge in [0.1, 0.15) is 0 Å². The van der Waals surface area contributed by atoms with E-state index >= 15 is 0 Å². The number of nitrogens with one attached hydrogen (secondary N) is 1. The summed E-state index contributed by atoms with van der Waals surface area (Å²) >= 11 is 3.52. The van der Waals surface area contributed by atoms with Gasteiger partial charge in [0, 0.05) is 4.47 Å². The van der Waals surface area contributed by atoms with Gasteiger partial charge in [0.05, 0.1) is 0 Å². The van der Waals surface area contributed by atoms with Gasteiger partial charge < -0.3 is 5.32 Å². The van der Waals surface area contributed by atoms with Gasteiger partial charge in [0.2, 0.25) is 0 Å². The molecule has 0 aromatic heterocycles. The molecule has 0 heterocycles. The van der Waals surface area contributed by atoms with E-state index in [2.05, 4.69) is 59.4 Å². The predicted octanol–water partition coefficient (Wildman–Crippen LogP) is 5.58. The Morgan fingerprint density at radius 1 is 1.10 bits per heavy atom. The summed E-state index contributed by atoms with van der Waals surface area (Å²) in [6.45, 7) is 6.92. The van der Waals surface area contributed by atoms with Crippen molar-refractivity contribution in [2.75, 3.05) is 13.1 Å². The maximum Gasteiger partial charge on any atom is 0.0175 e.